The first-order valence-corrected chi connectivity index (χ1v) is 8.71. The second-order valence-electron chi connectivity index (χ2n) is 6.98. The summed E-state index contributed by atoms with van der Waals surface area (Å²) in [7, 11) is 0. The summed E-state index contributed by atoms with van der Waals surface area (Å²) in [5.74, 6) is -0.714. The van der Waals surface area contributed by atoms with Gasteiger partial charge in [0, 0.05) is 22.7 Å². The molecule has 3 amide bonds. The van der Waals surface area contributed by atoms with Gasteiger partial charge in [-0.05, 0) is 25.5 Å². The van der Waals surface area contributed by atoms with Crippen molar-refractivity contribution >= 4 is 28.6 Å². The third-order valence-corrected chi connectivity index (χ3v) is 5.10. The maximum Gasteiger partial charge on any atom is 0.325 e. The van der Waals surface area contributed by atoms with Gasteiger partial charge in [0.2, 0.25) is 0 Å². The summed E-state index contributed by atoms with van der Waals surface area (Å²) in [6, 6.07) is 14.3. The Bertz CT molecular complexity index is 1070. The molecular weight excluding hydrogens is 342 g/mol. The Morgan fingerprint density at radius 3 is 2.52 bits per heavy atom. The fourth-order valence-electron chi connectivity index (χ4n) is 3.45. The van der Waals surface area contributed by atoms with E-state index in [1.807, 2.05) is 55.5 Å². The average molecular weight is 361 g/mol. The van der Waals surface area contributed by atoms with E-state index in [4.69, 9.17) is 0 Å². The number of nitrogens with zero attached hydrogens (tertiary/aromatic N) is 1. The number of amides is 3. The van der Waals surface area contributed by atoms with Crippen molar-refractivity contribution in [2.24, 2.45) is 0 Å². The Balaban J connectivity index is 1.61. The minimum absolute atomic E-state index is 0.288. The molecule has 136 valence electrons. The number of ketones is 1. The largest absolute Gasteiger partial charge is 0.360 e. The van der Waals surface area contributed by atoms with Gasteiger partial charge >= 0.3 is 6.03 Å². The highest BCUT2D eigenvalue weighted by Gasteiger charge is 2.49. The van der Waals surface area contributed by atoms with Crippen molar-refractivity contribution in [3.63, 3.8) is 0 Å². The first-order chi connectivity index (χ1) is 12.9. The highest BCUT2D eigenvalue weighted by molar-refractivity contribution is 6.14. The molecule has 2 aromatic carbocycles. The number of nitrogens with one attached hydrogen (secondary N) is 2. The zero-order valence-corrected chi connectivity index (χ0v) is 15.1. The van der Waals surface area contributed by atoms with Gasteiger partial charge in [0.25, 0.3) is 5.91 Å². The first-order valence-electron chi connectivity index (χ1n) is 8.71. The predicted octanol–water partition coefficient (Wildman–Crippen LogP) is 3.13. The normalized spacial score (nSPS) is 19.6. The number of carbonyl (C=O) groups excluding carboxylic acids is 3. The maximum absolute atomic E-state index is 13.0. The molecule has 0 bridgehead atoms. The van der Waals surface area contributed by atoms with Crippen LogP contribution < -0.4 is 5.32 Å². The van der Waals surface area contributed by atoms with Crippen LogP contribution in [0.25, 0.3) is 10.9 Å². The van der Waals surface area contributed by atoms with Crippen molar-refractivity contribution in [2.75, 3.05) is 6.54 Å². The predicted molar refractivity (Wildman–Crippen MR) is 101 cm³/mol. The molecule has 2 N–H and O–H groups in total. The molecule has 1 aliphatic rings. The summed E-state index contributed by atoms with van der Waals surface area (Å²) in [6.07, 6.45) is 1.62. The zero-order chi connectivity index (χ0) is 19.2. The summed E-state index contributed by atoms with van der Waals surface area (Å²) < 4.78 is 0. The summed E-state index contributed by atoms with van der Waals surface area (Å²) in [6.45, 7) is 3.31. The summed E-state index contributed by atoms with van der Waals surface area (Å²) in [5.41, 5.74) is 1.88. The van der Waals surface area contributed by atoms with Crippen LogP contribution in [0.15, 0.2) is 54.7 Å². The molecule has 4 rings (SSSR count). The van der Waals surface area contributed by atoms with Crippen LogP contribution in [0.3, 0.4) is 0 Å². The fourth-order valence-corrected chi connectivity index (χ4v) is 3.45. The minimum Gasteiger partial charge on any atom is -0.360 e. The van der Waals surface area contributed by atoms with Crippen LogP contribution in [0.1, 0.15) is 28.4 Å². The van der Waals surface area contributed by atoms with Gasteiger partial charge in [-0.3, -0.25) is 14.5 Å². The van der Waals surface area contributed by atoms with E-state index in [9.17, 15) is 14.4 Å². The number of fused-ring (bicyclic) bond motifs is 1. The number of aryl methyl sites for hydroxylation is 1. The number of Topliss-reactive ketones (excluding diaryl/α,β-unsaturated/α-hetero) is 1. The van der Waals surface area contributed by atoms with E-state index in [2.05, 4.69) is 10.3 Å². The number of urea groups is 1. The lowest BCUT2D eigenvalue weighted by atomic mass is 9.91. The van der Waals surface area contributed by atoms with Gasteiger partial charge in [-0.15, -0.1) is 0 Å². The van der Waals surface area contributed by atoms with E-state index >= 15 is 0 Å². The number of hydrogen-bond acceptors (Lipinski definition) is 3. The standard InChI is InChI=1S/C21H19N3O3/c1-13-7-9-14(10-8-13)21(2)19(26)24(20(27)23-21)12-18(25)16-11-22-17-6-4-3-5-15(16)17/h3-11,22H,12H2,1-2H3,(H,23,27). The maximum atomic E-state index is 13.0. The molecule has 1 aromatic heterocycles. The van der Waals surface area contributed by atoms with Crippen molar-refractivity contribution in [3.8, 4) is 0 Å². The van der Waals surface area contributed by atoms with Crippen molar-refractivity contribution < 1.29 is 14.4 Å². The van der Waals surface area contributed by atoms with Crippen molar-refractivity contribution in [2.45, 2.75) is 19.4 Å². The quantitative estimate of drug-likeness (QED) is 0.553. The molecular formula is C21H19N3O3. The number of carbonyl (C=O) groups is 3. The van der Waals surface area contributed by atoms with Crippen LogP contribution in [-0.2, 0) is 10.3 Å². The lowest BCUT2D eigenvalue weighted by Gasteiger charge is -2.22. The first kappa shape index (κ1) is 17.0. The number of aromatic amines is 1. The van der Waals surface area contributed by atoms with E-state index in [0.717, 1.165) is 21.4 Å². The summed E-state index contributed by atoms with van der Waals surface area (Å²) in [5, 5.41) is 3.51. The van der Waals surface area contributed by atoms with Crippen molar-refractivity contribution in [3.05, 3.63) is 71.4 Å². The number of hydrogen-bond donors (Lipinski definition) is 2. The Hall–Kier alpha value is -3.41. The molecule has 1 aliphatic heterocycles. The van der Waals surface area contributed by atoms with Gasteiger partial charge < -0.3 is 10.3 Å². The van der Waals surface area contributed by atoms with E-state index < -0.39 is 17.5 Å². The van der Waals surface area contributed by atoms with Crippen LogP contribution in [-0.4, -0.2) is 34.2 Å². The number of para-hydroxylation sites is 1. The number of rotatable bonds is 4. The summed E-state index contributed by atoms with van der Waals surface area (Å²) in [4.78, 5) is 42.2. The smallest absolute Gasteiger partial charge is 0.325 e. The van der Waals surface area contributed by atoms with Gasteiger partial charge in [-0.2, -0.15) is 0 Å². The molecule has 27 heavy (non-hydrogen) atoms. The highest BCUT2D eigenvalue weighted by atomic mass is 16.2. The van der Waals surface area contributed by atoms with Crippen molar-refractivity contribution in [1.29, 1.82) is 0 Å². The second-order valence-corrected chi connectivity index (χ2v) is 6.98. The Kier molecular flexibility index (Phi) is 3.84. The molecule has 1 saturated heterocycles. The SMILES string of the molecule is Cc1ccc(C2(C)NC(=O)N(CC(=O)c3c[nH]c4ccccc34)C2=O)cc1. The number of aromatic nitrogens is 1. The van der Waals surface area contributed by atoms with Crippen molar-refractivity contribution in [1.82, 2.24) is 15.2 Å². The molecule has 6 heteroatoms. The lowest BCUT2D eigenvalue weighted by Crippen LogP contribution is -2.41. The van der Waals surface area contributed by atoms with Gasteiger partial charge in [0.05, 0.1) is 6.54 Å². The highest BCUT2D eigenvalue weighted by Crippen LogP contribution is 2.29. The van der Waals surface area contributed by atoms with Gasteiger partial charge in [-0.1, -0.05) is 48.0 Å². The zero-order valence-electron chi connectivity index (χ0n) is 15.1. The molecule has 0 aliphatic carbocycles. The van der Waals surface area contributed by atoms with Gasteiger partial charge in [0.1, 0.15) is 5.54 Å². The third kappa shape index (κ3) is 2.70. The van der Waals surface area contributed by atoms with E-state index in [0.29, 0.717) is 11.1 Å². The Morgan fingerprint density at radius 2 is 1.78 bits per heavy atom. The molecule has 0 spiro atoms. The molecule has 3 aromatic rings. The van der Waals surface area contributed by atoms with Gasteiger partial charge in [-0.25, -0.2) is 4.79 Å². The van der Waals surface area contributed by atoms with E-state index in [-0.39, 0.29) is 12.3 Å². The monoisotopic (exact) mass is 361 g/mol. The molecule has 6 nitrogen and oxygen atoms in total. The number of imide groups is 1. The average Bonchev–Trinajstić information content (AvgIpc) is 3.18. The molecule has 1 fully saturated rings. The lowest BCUT2D eigenvalue weighted by molar-refractivity contribution is -0.130. The van der Waals surface area contributed by atoms with Crippen LogP contribution in [0.4, 0.5) is 4.79 Å². The van der Waals surface area contributed by atoms with Crippen LogP contribution in [0.5, 0.6) is 0 Å². The number of benzene rings is 2. The molecule has 2 heterocycles. The summed E-state index contributed by atoms with van der Waals surface area (Å²) >= 11 is 0. The minimum atomic E-state index is -1.18. The number of H-pyrrole nitrogens is 1. The topological polar surface area (TPSA) is 82.3 Å². The molecule has 1 unspecified atom stereocenters. The van der Waals surface area contributed by atoms with E-state index in [1.54, 1.807) is 13.1 Å². The fraction of sp³-hybridized carbons (Fsp3) is 0.190. The molecule has 0 radical (unpaired) electrons. The second kappa shape index (κ2) is 6.09. The molecule has 0 saturated carbocycles. The van der Waals surface area contributed by atoms with Gasteiger partial charge in [0.15, 0.2) is 5.78 Å². The van der Waals surface area contributed by atoms with Crippen LogP contribution >= 0.6 is 0 Å². The Labute approximate surface area is 156 Å². The Morgan fingerprint density at radius 1 is 1.07 bits per heavy atom. The van der Waals surface area contributed by atoms with Crippen LogP contribution in [0.2, 0.25) is 0 Å². The van der Waals surface area contributed by atoms with E-state index in [1.165, 1.54) is 0 Å². The third-order valence-electron chi connectivity index (χ3n) is 5.10. The molecule has 1 atom stereocenters. The van der Waals surface area contributed by atoms with Crippen LogP contribution in [0, 0.1) is 6.92 Å².